The van der Waals surface area contributed by atoms with E-state index < -0.39 is 0 Å². The molecule has 1 nitrogen and oxygen atoms in total. The lowest BCUT2D eigenvalue weighted by atomic mass is 9.91. The average Bonchev–Trinajstić information content (AvgIpc) is 2.18. The number of alkyl halides is 1. The summed E-state index contributed by atoms with van der Waals surface area (Å²) in [5.74, 6) is 1.18. The van der Waals surface area contributed by atoms with Gasteiger partial charge in [-0.1, -0.05) is 20.8 Å². The zero-order valence-electron chi connectivity index (χ0n) is 9.07. The van der Waals surface area contributed by atoms with Crippen molar-refractivity contribution in [2.24, 2.45) is 11.8 Å². The second-order valence-electron chi connectivity index (χ2n) is 4.18. The molecule has 1 heterocycles. The van der Waals surface area contributed by atoms with Crippen LogP contribution in [-0.4, -0.2) is 10.4 Å². The van der Waals surface area contributed by atoms with Crippen molar-refractivity contribution in [3.63, 3.8) is 0 Å². The zero-order chi connectivity index (χ0) is 10.6. The molecule has 14 heavy (non-hydrogen) atoms. The first-order chi connectivity index (χ1) is 6.61. The molecule has 0 radical (unpaired) electrons. The number of halogens is 1. The first-order valence-corrected chi connectivity index (χ1v) is 5.58. The highest BCUT2D eigenvalue weighted by Gasteiger charge is 2.17. The Bertz CT molecular complexity index is 258. The molecule has 0 aromatic carbocycles. The van der Waals surface area contributed by atoms with Gasteiger partial charge in [0.05, 0.1) is 0 Å². The van der Waals surface area contributed by atoms with Gasteiger partial charge in [-0.25, -0.2) is 0 Å². The van der Waals surface area contributed by atoms with Crippen molar-refractivity contribution in [2.75, 3.05) is 0 Å². The maximum absolute atomic E-state index is 6.34. The fourth-order valence-corrected chi connectivity index (χ4v) is 1.82. The van der Waals surface area contributed by atoms with Crippen molar-refractivity contribution < 1.29 is 0 Å². The average molecular weight is 212 g/mol. The molecule has 0 aliphatic carbocycles. The van der Waals surface area contributed by atoms with E-state index in [4.69, 9.17) is 11.6 Å². The minimum atomic E-state index is 0.220. The minimum Gasteiger partial charge on any atom is -0.265 e. The summed E-state index contributed by atoms with van der Waals surface area (Å²) in [5.41, 5.74) is 1.27. The van der Waals surface area contributed by atoms with Crippen LogP contribution in [0.4, 0.5) is 0 Å². The van der Waals surface area contributed by atoms with Crippen LogP contribution >= 0.6 is 11.6 Å². The van der Waals surface area contributed by atoms with Crippen LogP contribution in [0.5, 0.6) is 0 Å². The highest BCUT2D eigenvalue weighted by Crippen LogP contribution is 2.22. The molecule has 78 valence electrons. The SMILES string of the molecule is CC(C)C(C)C(Cl)Cc1ccncc1. The van der Waals surface area contributed by atoms with Crippen LogP contribution in [-0.2, 0) is 6.42 Å². The highest BCUT2D eigenvalue weighted by molar-refractivity contribution is 6.20. The lowest BCUT2D eigenvalue weighted by Gasteiger charge is -2.21. The van der Waals surface area contributed by atoms with Gasteiger partial charge in [0.25, 0.3) is 0 Å². The third-order valence-electron chi connectivity index (χ3n) is 2.80. The molecule has 0 aliphatic heterocycles. The minimum absolute atomic E-state index is 0.220. The molecule has 1 rings (SSSR count). The molecule has 0 N–H and O–H groups in total. The number of hydrogen-bond donors (Lipinski definition) is 0. The van der Waals surface area contributed by atoms with Crippen molar-refractivity contribution in [3.05, 3.63) is 30.1 Å². The Kier molecular flexibility index (Phi) is 4.40. The van der Waals surface area contributed by atoms with Gasteiger partial charge < -0.3 is 0 Å². The summed E-state index contributed by atoms with van der Waals surface area (Å²) in [4.78, 5) is 3.99. The van der Waals surface area contributed by atoms with E-state index in [2.05, 4.69) is 25.8 Å². The quantitative estimate of drug-likeness (QED) is 0.695. The van der Waals surface area contributed by atoms with E-state index in [0.29, 0.717) is 11.8 Å². The summed E-state index contributed by atoms with van der Waals surface area (Å²) in [6, 6.07) is 4.06. The largest absolute Gasteiger partial charge is 0.265 e. The maximum atomic E-state index is 6.34. The molecule has 0 amide bonds. The number of aromatic nitrogens is 1. The lowest BCUT2D eigenvalue weighted by molar-refractivity contribution is 0.399. The third kappa shape index (κ3) is 3.30. The fraction of sp³-hybridized carbons (Fsp3) is 0.583. The third-order valence-corrected chi connectivity index (χ3v) is 3.35. The second-order valence-corrected chi connectivity index (χ2v) is 4.74. The van der Waals surface area contributed by atoms with Crippen LogP contribution in [0.15, 0.2) is 24.5 Å². The van der Waals surface area contributed by atoms with E-state index in [-0.39, 0.29) is 5.38 Å². The second kappa shape index (κ2) is 5.35. The van der Waals surface area contributed by atoms with Crippen LogP contribution in [0.25, 0.3) is 0 Å². The van der Waals surface area contributed by atoms with E-state index >= 15 is 0 Å². The summed E-state index contributed by atoms with van der Waals surface area (Å²) in [5, 5.41) is 0.220. The van der Waals surface area contributed by atoms with Gasteiger partial charge in [-0.2, -0.15) is 0 Å². The van der Waals surface area contributed by atoms with Gasteiger partial charge >= 0.3 is 0 Å². The fourth-order valence-electron chi connectivity index (χ4n) is 1.35. The van der Waals surface area contributed by atoms with Gasteiger partial charge in [0, 0.05) is 17.8 Å². The van der Waals surface area contributed by atoms with Crippen LogP contribution in [0.3, 0.4) is 0 Å². The first-order valence-electron chi connectivity index (χ1n) is 5.14. The Morgan fingerprint density at radius 3 is 2.29 bits per heavy atom. The van der Waals surface area contributed by atoms with Crippen molar-refractivity contribution in [1.29, 1.82) is 0 Å². The van der Waals surface area contributed by atoms with Gasteiger partial charge in [0.15, 0.2) is 0 Å². The molecule has 2 heteroatoms. The van der Waals surface area contributed by atoms with Crippen LogP contribution in [0, 0.1) is 11.8 Å². The molecule has 0 saturated heterocycles. The smallest absolute Gasteiger partial charge is 0.0404 e. The van der Waals surface area contributed by atoms with Gasteiger partial charge in [-0.3, -0.25) is 4.98 Å². The van der Waals surface area contributed by atoms with E-state index in [1.54, 1.807) is 0 Å². The molecular formula is C12H18ClN. The molecule has 0 spiro atoms. The molecule has 1 aromatic heterocycles. The summed E-state index contributed by atoms with van der Waals surface area (Å²) < 4.78 is 0. The zero-order valence-corrected chi connectivity index (χ0v) is 9.83. The van der Waals surface area contributed by atoms with Crippen LogP contribution < -0.4 is 0 Å². The van der Waals surface area contributed by atoms with Crippen molar-refractivity contribution in [3.8, 4) is 0 Å². The number of hydrogen-bond acceptors (Lipinski definition) is 1. The van der Waals surface area contributed by atoms with E-state index in [0.717, 1.165) is 6.42 Å². The first kappa shape index (κ1) is 11.5. The molecule has 2 unspecified atom stereocenters. The van der Waals surface area contributed by atoms with E-state index in [1.807, 2.05) is 24.5 Å². The van der Waals surface area contributed by atoms with Crippen molar-refractivity contribution >= 4 is 11.6 Å². The Balaban J connectivity index is 2.53. The molecule has 0 fully saturated rings. The Morgan fingerprint density at radius 1 is 1.21 bits per heavy atom. The molecule has 2 atom stereocenters. The summed E-state index contributed by atoms with van der Waals surface area (Å²) in [6.07, 6.45) is 4.57. The number of pyridine rings is 1. The van der Waals surface area contributed by atoms with E-state index in [1.165, 1.54) is 5.56 Å². The Morgan fingerprint density at radius 2 is 1.79 bits per heavy atom. The van der Waals surface area contributed by atoms with Gasteiger partial charge in [-0.15, -0.1) is 11.6 Å². The molecule has 0 aliphatic rings. The van der Waals surface area contributed by atoms with Crippen LogP contribution in [0.1, 0.15) is 26.3 Å². The summed E-state index contributed by atoms with van der Waals surface area (Å²) in [7, 11) is 0. The van der Waals surface area contributed by atoms with Crippen molar-refractivity contribution in [1.82, 2.24) is 4.98 Å². The van der Waals surface area contributed by atoms with Gasteiger partial charge in [0.2, 0.25) is 0 Å². The lowest BCUT2D eigenvalue weighted by Crippen LogP contribution is -2.19. The summed E-state index contributed by atoms with van der Waals surface area (Å²) >= 11 is 6.34. The molecular weight excluding hydrogens is 194 g/mol. The van der Waals surface area contributed by atoms with E-state index in [9.17, 15) is 0 Å². The molecule has 1 aromatic rings. The topological polar surface area (TPSA) is 12.9 Å². The number of nitrogens with zero attached hydrogens (tertiary/aromatic N) is 1. The molecule has 0 bridgehead atoms. The Labute approximate surface area is 91.5 Å². The Hall–Kier alpha value is -0.560. The molecule has 0 saturated carbocycles. The number of rotatable bonds is 4. The normalized spacial score (nSPS) is 15.5. The predicted octanol–water partition coefficient (Wildman–Crippen LogP) is 3.52. The maximum Gasteiger partial charge on any atom is 0.0404 e. The summed E-state index contributed by atoms with van der Waals surface area (Å²) in [6.45, 7) is 6.64. The monoisotopic (exact) mass is 211 g/mol. The van der Waals surface area contributed by atoms with Crippen LogP contribution in [0.2, 0.25) is 0 Å². The van der Waals surface area contributed by atoms with Crippen molar-refractivity contribution in [2.45, 2.75) is 32.6 Å². The van der Waals surface area contributed by atoms with Gasteiger partial charge in [-0.05, 0) is 36.0 Å². The predicted molar refractivity (Wildman–Crippen MR) is 61.6 cm³/mol. The standard InChI is InChI=1S/C12H18ClN/c1-9(2)10(3)12(13)8-11-4-6-14-7-5-11/h4-7,9-10,12H,8H2,1-3H3. The highest BCUT2D eigenvalue weighted by atomic mass is 35.5. The van der Waals surface area contributed by atoms with Gasteiger partial charge in [0.1, 0.15) is 0 Å².